The predicted molar refractivity (Wildman–Crippen MR) is 87.1 cm³/mol. The normalized spacial score (nSPS) is 34.5. The van der Waals surface area contributed by atoms with E-state index in [1.165, 1.54) is 4.88 Å². The van der Waals surface area contributed by atoms with E-state index < -0.39 is 5.54 Å². The molecule has 1 saturated carbocycles. The van der Waals surface area contributed by atoms with E-state index >= 15 is 0 Å². The van der Waals surface area contributed by atoms with Crippen LogP contribution in [0.1, 0.15) is 59.0 Å². The molecule has 1 N–H and O–H groups in total. The standard InChI is InChI=1S/C17H26N2OS/c1-7-17(6)14(20)19(13-15(2,3)16(13,4)5)12(18-17)11-9-8-10-21-11/h8-10,12-13,18H,7H2,1-6H3. The van der Waals surface area contributed by atoms with Crippen LogP contribution in [0, 0.1) is 10.8 Å². The zero-order valence-electron chi connectivity index (χ0n) is 13.9. The molecule has 4 heteroatoms. The van der Waals surface area contributed by atoms with Crippen LogP contribution in [-0.2, 0) is 4.79 Å². The maximum Gasteiger partial charge on any atom is 0.244 e. The van der Waals surface area contributed by atoms with Crippen LogP contribution in [0.4, 0.5) is 0 Å². The van der Waals surface area contributed by atoms with Gasteiger partial charge >= 0.3 is 0 Å². The zero-order chi connectivity index (χ0) is 15.6. The second kappa shape index (κ2) is 4.32. The molecule has 1 aromatic rings. The van der Waals surface area contributed by atoms with Gasteiger partial charge < -0.3 is 4.90 Å². The highest BCUT2D eigenvalue weighted by molar-refractivity contribution is 7.10. The summed E-state index contributed by atoms with van der Waals surface area (Å²) in [7, 11) is 0. The first-order chi connectivity index (χ1) is 9.67. The Morgan fingerprint density at radius 2 is 1.86 bits per heavy atom. The van der Waals surface area contributed by atoms with Gasteiger partial charge in [0, 0.05) is 10.9 Å². The van der Waals surface area contributed by atoms with E-state index in [2.05, 4.69) is 62.3 Å². The highest BCUT2D eigenvalue weighted by Crippen LogP contribution is 2.67. The first kappa shape index (κ1) is 15.0. The number of amides is 1. The summed E-state index contributed by atoms with van der Waals surface area (Å²) in [5.74, 6) is 0.257. The molecule has 1 aliphatic carbocycles. The SMILES string of the molecule is CCC1(C)NC(c2cccs2)N(C2C(C)(C)C2(C)C)C1=O. The first-order valence-corrected chi connectivity index (χ1v) is 8.68. The van der Waals surface area contributed by atoms with Gasteiger partial charge in [-0.25, -0.2) is 0 Å². The number of rotatable bonds is 3. The van der Waals surface area contributed by atoms with Gasteiger partial charge in [0.2, 0.25) is 5.91 Å². The molecule has 2 unspecified atom stereocenters. The Morgan fingerprint density at radius 3 is 2.29 bits per heavy atom. The van der Waals surface area contributed by atoms with E-state index in [4.69, 9.17) is 0 Å². The highest BCUT2D eigenvalue weighted by Gasteiger charge is 2.71. The summed E-state index contributed by atoms with van der Waals surface area (Å²) in [5, 5.41) is 5.69. The zero-order valence-corrected chi connectivity index (χ0v) is 14.7. The Labute approximate surface area is 131 Å². The summed E-state index contributed by atoms with van der Waals surface area (Å²) >= 11 is 1.73. The van der Waals surface area contributed by atoms with E-state index in [-0.39, 0.29) is 22.9 Å². The number of carbonyl (C=O) groups is 1. The third-order valence-electron chi connectivity index (χ3n) is 6.18. The van der Waals surface area contributed by atoms with E-state index in [9.17, 15) is 4.79 Å². The van der Waals surface area contributed by atoms with Crippen molar-refractivity contribution >= 4 is 17.2 Å². The van der Waals surface area contributed by atoms with Crippen molar-refractivity contribution in [2.24, 2.45) is 10.8 Å². The van der Waals surface area contributed by atoms with Gasteiger partial charge in [-0.15, -0.1) is 11.3 Å². The van der Waals surface area contributed by atoms with Crippen molar-refractivity contribution in [2.45, 2.75) is 65.7 Å². The minimum atomic E-state index is -0.441. The molecule has 0 spiro atoms. The van der Waals surface area contributed by atoms with E-state index in [0.717, 1.165) is 6.42 Å². The summed E-state index contributed by atoms with van der Waals surface area (Å²) in [4.78, 5) is 16.5. The van der Waals surface area contributed by atoms with E-state index in [0.29, 0.717) is 6.04 Å². The number of thiophene rings is 1. The second-order valence-corrected chi connectivity index (χ2v) is 8.79. The number of hydrogen-bond donors (Lipinski definition) is 1. The Hall–Kier alpha value is -0.870. The molecule has 2 heterocycles. The number of nitrogens with one attached hydrogen (secondary N) is 1. The lowest BCUT2D eigenvalue weighted by Crippen LogP contribution is -2.43. The third-order valence-corrected chi connectivity index (χ3v) is 7.11. The fourth-order valence-electron chi connectivity index (χ4n) is 3.87. The summed E-state index contributed by atoms with van der Waals surface area (Å²) < 4.78 is 0. The van der Waals surface area contributed by atoms with Crippen LogP contribution in [0.2, 0.25) is 0 Å². The van der Waals surface area contributed by atoms with Gasteiger partial charge in [-0.1, -0.05) is 40.7 Å². The average Bonchev–Trinajstić information content (AvgIpc) is 2.89. The minimum absolute atomic E-state index is 0.0218. The molecule has 1 aromatic heterocycles. The molecule has 116 valence electrons. The molecule has 0 aromatic carbocycles. The summed E-state index contributed by atoms with van der Waals surface area (Å²) in [6, 6.07) is 4.49. The fourth-order valence-corrected chi connectivity index (χ4v) is 4.64. The molecular weight excluding hydrogens is 280 g/mol. The number of carbonyl (C=O) groups excluding carboxylic acids is 1. The van der Waals surface area contributed by atoms with Crippen LogP contribution < -0.4 is 5.32 Å². The molecule has 0 radical (unpaired) electrons. The minimum Gasteiger partial charge on any atom is -0.316 e. The van der Waals surface area contributed by atoms with Crippen LogP contribution in [0.3, 0.4) is 0 Å². The third kappa shape index (κ3) is 1.85. The lowest BCUT2D eigenvalue weighted by Gasteiger charge is -2.26. The Bertz CT molecular complexity index is 549. The maximum absolute atomic E-state index is 13.1. The van der Waals surface area contributed by atoms with Crippen molar-refractivity contribution < 1.29 is 4.79 Å². The van der Waals surface area contributed by atoms with Crippen LogP contribution in [0.25, 0.3) is 0 Å². The molecule has 3 rings (SSSR count). The van der Waals surface area contributed by atoms with Crippen molar-refractivity contribution in [3.63, 3.8) is 0 Å². The lowest BCUT2D eigenvalue weighted by molar-refractivity contribution is -0.134. The average molecular weight is 306 g/mol. The molecule has 1 saturated heterocycles. The molecular formula is C17H26N2OS. The molecule has 3 nitrogen and oxygen atoms in total. The molecule has 0 bridgehead atoms. The van der Waals surface area contributed by atoms with E-state index in [1.807, 2.05) is 6.92 Å². The molecule has 1 aliphatic heterocycles. The second-order valence-electron chi connectivity index (χ2n) is 7.81. The van der Waals surface area contributed by atoms with Gasteiger partial charge in [-0.3, -0.25) is 10.1 Å². The van der Waals surface area contributed by atoms with Crippen LogP contribution in [0.15, 0.2) is 17.5 Å². The largest absolute Gasteiger partial charge is 0.316 e. The molecule has 2 aliphatic rings. The van der Waals surface area contributed by atoms with Crippen molar-refractivity contribution in [3.8, 4) is 0 Å². The van der Waals surface area contributed by atoms with Gasteiger partial charge in [0.1, 0.15) is 6.17 Å². The fraction of sp³-hybridized carbons (Fsp3) is 0.706. The monoisotopic (exact) mass is 306 g/mol. The van der Waals surface area contributed by atoms with Gasteiger partial charge in [-0.05, 0) is 35.6 Å². The Balaban J connectivity index is 2.02. The van der Waals surface area contributed by atoms with Gasteiger partial charge in [-0.2, -0.15) is 0 Å². The number of hydrogen-bond acceptors (Lipinski definition) is 3. The molecule has 21 heavy (non-hydrogen) atoms. The van der Waals surface area contributed by atoms with Crippen molar-refractivity contribution in [3.05, 3.63) is 22.4 Å². The van der Waals surface area contributed by atoms with Crippen molar-refractivity contribution in [1.29, 1.82) is 0 Å². The summed E-state index contributed by atoms with van der Waals surface area (Å²) in [5.41, 5.74) is -0.110. The van der Waals surface area contributed by atoms with E-state index in [1.54, 1.807) is 11.3 Å². The maximum atomic E-state index is 13.1. The van der Waals surface area contributed by atoms with Crippen LogP contribution >= 0.6 is 11.3 Å². The van der Waals surface area contributed by atoms with Crippen LogP contribution in [-0.4, -0.2) is 22.4 Å². The van der Waals surface area contributed by atoms with Gasteiger partial charge in [0.05, 0.1) is 5.54 Å². The van der Waals surface area contributed by atoms with Crippen molar-refractivity contribution in [2.75, 3.05) is 0 Å². The Kier molecular flexibility index (Phi) is 3.10. The predicted octanol–water partition coefficient (Wildman–Crippen LogP) is 3.78. The summed E-state index contributed by atoms with van der Waals surface area (Å²) in [6.45, 7) is 13.2. The Morgan fingerprint density at radius 1 is 1.24 bits per heavy atom. The molecule has 2 atom stereocenters. The lowest BCUT2D eigenvalue weighted by atomic mass is 9.99. The van der Waals surface area contributed by atoms with Gasteiger partial charge in [0.15, 0.2) is 0 Å². The molecule has 1 amide bonds. The highest BCUT2D eigenvalue weighted by atomic mass is 32.1. The van der Waals surface area contributed by atoms with Crippen molar-refractivity contribution in [1.82, 2.24) is 10.2 Å². The summed E-state index contributed by atoms with van der Waals surface area (Å²) in [6.07, 6.45) is 0.839. The smallest absolute Gasteiger partial charge is 0.244 e. The quantitative estimate of drug-likeness (QED) is 0.921. The first-order valence-electron chi connectivity index (χ1n) is 7.80. The number of nitrogens with zero attached hydrogens (tertiary/aromatic N) is 1. The topological polar surface area (TPSA) is 32.3 Å². The van der Waals surface area contributed by atoms with Gasteiger partial charge in [0.25, 0.3) is 0 Å². The van der Waals surface area contributed by atoms with Crippen LogP contribution in [0.5, 0.6) is 0 Å². The molecule has 2 fully saturated rings.